The standard InChI is InChI=1S/C11H12BrNO4S/c12-8-1-3-9(4-2-8)18(16,17)13-7-11(5-6-11)10(14)15/h1-4,13H,5-7H2,(H,14,15). The van der Waals surface area contributed by atoms with Gasteiger partial charge in [-0.25, -0.2) is 13.1 Å². The molecule has 98 valence electrons. The van der Waals surface area contributed by atoms with Crippen molar-refractivity contribution in [2.45, 2.75) is 17.7 Å². The lowest BCUT2D eigenvalue weighted by Crippen LogP contribution is -2.34. The maximum atomic E-state index is 11.9. The maximum Gasteiger partial charge on any atom is 0.310 e. The summed E-state index contributed by atoms with van der Waals surface area (Å²) in [5.41, 5.74) is -0.900. The van der Waals surface area contributed by atoms with Crippen molar-refractivity contribution in [2.24, 2.45) is 5.41 Å². The van der Waals surface area contributed by atoms with Crippen molar-refractivity contribution >= 4 is 31.9 Å². The fourth-order valence-electron chi connectivity index (χ4n) is 1.55. The van der Waals surface area contributed by atoms with Gasteiger partial charge in [0.05, 0.1) is 10.3 Å². The quantitative estimate of drug-likeness (QED) is 0.857. The minimum absolute atomic E-state index is 0.0548. The Hall–Kier alpha value is -0.920. The predicted octanol–water partition coefficient (Wildman–Crippen LogP) is 1.59. The highest BCUT2D eigenvalue weighted by Crippen LogP contribution is 2.45. The van der Waals surface area contributed by atoms with E-state index in [9.17, 15) is 13.2 Å². The SMILES string of the molecule is O=C(O)C1(CNS(=O)(=O)c2ccc(Br)cc2)CC1. The molecule has 1 aromatic carbocycles. The second-order valence-electron chi connectivity index (χ2n) is 4.36. The molecule has 0 unspecified atom stereocenters. The summed E-state index contributed by atoms with van der Waals surface area (Å²) < 4.78 is 27.0. The number of sulfonamides is 1. The second-order valence-corrected chi connectivity index (χ2v) is 7.05. The summed E-state index contributed by atoms with van der Waals surface area (Å²) in [7, 11) is -3.64. The third kappa shape index (κ3) is 2.73. The van der Waals surface area contributed by atoms with Gasteiger partial charge in [-0.15, -0.1) is 0 Å². The first-order valence-electron chi connectivity index (χ1n) is 5.34. The molecule has 0 aliphatic heterocycles. The number of rotatable bonds is 5. The maximum absolute atomic E-state index is 11.9. The summed E-state index contributed by atoms with van der Waals surface area (Å²) in [6, 6.07) is 6.18. The molecular weight excluding hydrogens is 322 g/mol. The third-order valence-corrected chi connectivity index (χ3v) is 4.98. The Labute approximate surface area is 113 Å². The number of aliphatic carboxylic acids is 1. The van der Waals surface area contributed by atoms with Crippen LogP contribution < -0.4 is 4.72 Å². The van der Waals surface area contributed by atoms with E-state index in [1.165, 1.54) is 12.1 Å². The molecule has 2 rings (SSSR count). The fourth-order valence-corrected chi connectivity index (χ4v) is 2.94. The summed E-state index contributed by atoms with van der Waals surface area (Å²) in [6.45, 7) is -0.0548. The Morgan fingerprint density at radius 1 is 1.33 bits per heavy atom. The van der Waals surface area contributed by atoms with Crippen LogP contribution in [0.1, 0.15) is 12.8 Å². The summed E-state index contributed by atoms with van der Waals surface area (Å²) in [5, 5.41) is 8.97. The van der Waals surface area contributed by atoms with Gasteiger partial charge >= 0.3 is 5.97 Å². The number of carbonyl (C=O) groups is 1. The molecule has 18 heavy (non-hydrogen) atoms. The normalized spacial score (nSPS) is 17.4. The van der Waals surface area contributed by atoms with Crippen molar-refractivity contribution in [3.05, 3.63) is 28.7 Å². The van der Waals surface area contributed by atoms with E-state index in [2.05, 4.69) is 20.7 Å². The molecule has 0 spiro atoms. The van der Waals surface area contributed by atoms with Crippen molar-refractivity contribution in [3.63, 3.8) is 0 Å². The first kappa shape index (κ1) is 13.5. The van der Waals surface area contributed by atoms with E-state index in [4.69, 9.17) is 5.11 Å². The molecule has 1 aromatic rings. The van der Waals surface area contributed by atoms with Crippen LogP contribution in [0.15, 0.2) is 33.6 Å². The van der Waals surface area contributed by atoms with Gasteiger partial charge in [0.25, 0.3) is 0 Å². The zero-order chi connectivity index (χ0) is 13.4. The van der Waals surface area contributed by atoms with E-state index in [0.717, 1.165) is 4.47 Å². The number of hydrogen-bond acceptors (Lipinski definition) is 3. The largest absolute Gasteiger partial charge is 0.481 e. The Kier molecular flexibility index (Phi) is 3.48. The molecule has 0 saturated heterocycles. The van der Waals surface area contributed by atoms with Gasteiger partial charge in [0.2, 0.25) is 10.0 Å². The number of benzene rings is 1. The van der Waals surface area contributed by atoms with Crippen LogP contribution in [0.5, 0.6) is 0 Å². The van der Waals surface area contributed by atoms with Crippen LogP contribution >= 0.6 is 15.9 Å². The summed E-state index contributed by atoms with van der Waals surface area (Å²) in [5.74, 6) is -0.944. The van der Waals surface area contributed by atoms with Crippen LogP contribution in [0, 0.1) is 5.41 Å². The molecule has 0 bridgehead atoms. The van der Waals surface area contributed by atoms with Gasteiger partial charge in [0.15, 0.2) is 0 Å². The van der Waals surface area contributed by atoms with Gasteiger partial charge < -0.3 is 5.11 Å². The number of carboxylic acids is 1. The Morgan fingerprint density at radius 2 is 1.89 bits per heavy atom. The van der Waals surface area contributed by atoms with Crippen LogP contribution in [0.4, 0.5) is 0 Å². The monoisotopic (exact) mass is 333 g/mol. The molecule has 0 atom stereocenters. The average Bonchev–Trinajstić information content (AvgIpc) is 3.08. The zero-order valence-electron chi connectivity index (χ0n) is 9.39. The van der Waals surface area contributed by atoms with Crippen LogP contribution in [0.2, 0.25) is 0 Å². The summed E-state index contributed by atoms with van der Waals surface area (Å²) in [6.07, 6.45) is 1.04. The first-order valence-corrected chi connectivity index (χ1v) is 7.62. The van der Waals surface area contributed by atoms with E-state index in [1.54, 1.807) is 12.1 Å². The van der Waals surface area contributed by atoms with E-state index in [1.807, 2.05) is 0 Å². The number of nitrogens with one attached hydrogen (secondary N) is 1. The second kappa shape index (κ2) is 4.64. The van der Waals surface area contributed by atoms with Crippen molar-refractivity contribution in [1.29, 1.82) is 0 Å². The van der Waals surface area contributed by atoms with Crippen LogP contribution in [-0.2, 0) is 14.8 Å². The topological polar surface area (TPSA) is 83.5 Å². The average molecular weight is 334 g/mol. The molecule has 1 aliphatic carbocycles. The van der Waals surface area contributed by atoms with Gasteiger partial charge in [-0.3, -0.25) is 4.79 Å². The Bertz CT molecular complexity index is 563. The Morgan fingerprint density at radius 3 is 2.33 bits per heavy atom. The van der Waals surface area contributed by atoms with E-state index in [0.29, 0.717) is 12.8 Å². The molecule has 0 radical (unpaired) electrons. The number of halogens is 1. The third-order valence-electron chi connectivity index (χ3n) is 3.03. The molecule has 1 aliphatic rings. The molecule has 7 heteroatoms. The van der Waals surface area contributed by atoms with E-state index in [-0.39, 0.29) is 11.4 Å². The van der Waals surface area contributed by atoms with Crippen LogP contribution in [0.25, 0.3) is 0 Å². The molecular formula is C11H12BrNO4S. The lowest BCUT2D eigenvalue weighted by Gasteiger charge is -2.11. The molecule has 5 nitrogen and oxygen atoms in total. The highest BCUT2D eigenvalue weighted by Gasteiger charge is 2.50. The van der Waals surface area contributed by atoms with Crippen molar-refractivity contribution < 1.29 is 18.3 Å². The van der Waals surface area contributed by atoms with Gasteiger partial charge in [0.1, 0.15) is 0 Å². The smallest absolute Gasteiger partial charge is 0.310 e. The van der Waals surface area contributed by atoms with Gasteiger partial charge in [-0.2, -0.15) is 0 Å². The van der Waals surface area contributed by atoms with E-state index < -0.39 is 21.4 Å². The highest BCUT2D eigenvalue weighted by atomic mass is 79.9. The number of carboxylic acid groups (broad SMARTS) is 1. The van der Waals surface area contributed by atoms with Gasteiger partial charge in [-0.05, 0) is 37.1 Å². The van der Waals surface area contributed by atoms with Gasteiger partial charge in [0, 0.05) is 11.0 Å². The molecule has 2 N–H and O–H groups in total. The summed E-state index contributed by atoms with van der Waals surface area (Å²) in [4.78, 5) is 11.1. The summed E-state index contributed by atoms with van der Waals surface area (Å²) >= 11 is 3.22. The predicted molar refractivity (Wildman–Crippen MR) is 68.6 cm³/mol. The molecule has 0 heterocycles. The van der Waals surface area contributed by atoms with Gasteiger partial charge in [-0.1, -0.05) is 15.9 Å². The van der Waals surface area contributed by atoms with Crippen molar-refractivity contribution in [3.8, 4) is 0 Å². The first-order chi connectivity index (χ1) is 8.36. The highest BCUT2D eigenvalue weighted by molar-refractivity contribution is 9.10. The lowest BCUT2D eigenvalue weighted by atomic mass is 10.1. The molecule has 0 aromatic heterocycles. The van der Waals surface area contributed by atoms with Crippen LogP contribution in [-0.4, -0.2) is 26.0 Å². The molecule has 1 fully saturated rings. The molecule has 0 amide bonds. The van der Waals surface area contributed by atoms with Crippen LogP contribution in [0.3, 0.4) is 0 Å². The zero-order valence-corrected chi connectivity index (χ0v) is 11.8. The number of hydrogen-bond donors (Lipinski definition) is 2. The van der Waals surface area contributed by atoms with Crippen molar-refractivity contribution in [1.82, 2.24) is 4.72 Å². The van der Waals surface area contributed by atoms with Crippen molar-refractivity contribution in [2.75, 3.05) is 6.54 Å². The fraction of sp³-hybridized carbons (Fsp3) is 0.364. The minimum Gasteiger partial charge on any atom is -0.481 e. The Balaban J connectivity index is 2.09. The molecule has 1 saturated carbocycles. The lowest BCUT2D eigenvalue weighted by molar-refractivity contribution is -0.143. The minimum atomic E-state index is -3.64. The van der Waals surface area contributed by atoms with E-state index >= 15 is 0 Å².